The van der Waals surface area contributed by atoms with Gasteiger partial charge in [0, 0.05) is 5.56 Å². The van der Waals surface area contributed by atoms with Crippen molar-refractivity contribution >= 4 is 57.6 Å². The van der Waals surface area contributed by atoms with Crippen molar-refractivity contribution in [2.24, 2.45) is 0 Å². The van der Waals surface area contributed by atoms with Crippen molar-refractivity contribution in [1.82, 2.24) is 0 Å². The highest BCUT2D eigenvalue weighted by Crippen LogP contribution is 2.39. The van der Waals surface area contributed by atoms with Crippen molar-refractivity contribution < 1.29 is 18.7 Å². The lowest BCUT2D eigenvalue weighted by atomic mass is 10.0. The van der Waals surface area contributed by atoms with Gasteiger partial charge in [0.2, 0.25) is 0 Å². The molecule has 1 heterocycles. The average Bonchev–Trinajstić information content (AvgIpc) is 3.13. The molecule has 0 aliphatic carbocycles. The number of halogens is 2. The van der Waals surface area contributed by atoms with Crippen LogP contribution < -0.4 is 14.4 Å². The summed E-state index contributed by atoms with van der Waals surface area (Å²) in [5, 5.41) is -0.0783. The summed E-state index contributed by atoms with van der Waals surface area (Å²) in [7, 11) is 1.57. The lowest BCUT2D eigenvalue weighted by molar-refractivity contribution is -0.113. The summed E-state index contributed by atoms with van der Waals surface area (Å²) in [4.78, 5) is 14.9. The van der Waals surface area contributed by atoms with E-state index in [-0.39, 0.29) is 10.9 Å². The van der Waals surface area contributed by atoms with E-state index in [1.807, 2.05) is 42.5 Å². The van der Waals surface area contributed by atoms with Crippen LogP contribution in [0.15, 0.2) is 78.2 Å². The van der Waals surface area contributed by atoms with Gasteiger partial charge in [-0.3, -0.25) is 9.69 Å². The first-order valence-electron chi connectivity index (χ1n) is 10.6. The van der Waals surface area contributed by atoms with Crippen molar-refractivity contribution in [3.63, 3.8) is 0 Å². The number of thiocarbonyl (C=S) groups is 1. The summed E-state index contributed by atoms with van der Waals surface area (Å²) in [5.41, 5.74) is 3.08. The predicted octanol–water partition coefficient (Wildman–Crippen LogP) is 7.20. The molecule has 0 radical (unpaired) electrons. The summed E-state index contributed by atoms with van der Waals surface area (Å²) in [6, 6.07) is 17.7. The normalized spacial score (nSPS) is 14.5. The number of nitrogens with zero attached hydrogens (tertiary/aromatic N) is 1. The number of thioether (sulfide) groups is 1. The number of amides is 1. The van der Waals surface area contributed by atoms with Gasteiger partial charge in [-0.1, -0.05) is 72.0 Å². The minimum absolute atomic E-state index is 0.0783. The average molecular weight is 526 g/mol. The molecule has 8 heteroatoms. The van der Waals surface area contributed by atoms with E-state index in [1.165, 1.54) is 34.9 Å². The monoisotopic (exact) mass is 525 g/mol. The van der Waals surface area contributed by atoms with Gasteiger partial charge in [-0.2, -0.15) is 0 Å². The van der Waals surface area contributed by atoms with Crippen LogP contribution in [0, 0.1) is 5.82 Å². The molecular weight excluding hydrogens is 505 g/mol. The third-order valence-corrected chi connectivity index (χ3v) is 6.81. The van der Waals surface area contributed by atoms with Gasteiger partial charge in [0.05, 0.1) is 22.7 Å². The van der Waals surface area contributed by atoms with Crippen LogP contribution in [0.1, 0.15) is 16.7 Å². The lowest BCUT2D eigenvalue weighted by Crippen LogP contribution is -2.27. The zero-order valence-corrected chi connectivity index (χ0v) is 21.2. The van der Waals surface area contributed by atoms with Gasteiger partial charge in [-0.25, -0.2) is 4.39 Å². The van der Waals surface area contributed by atoms with Gasteiger partial charge < -0.3 is 9.47 Å². The Hall–Kier alpha value is -3.13. The standard InChI is InChI=1S/C27H21ClFNO3S2/c1-3-7-19-12-18(13-23(32-2)25(19)33-16-17-8-5-4-6-9-17)14-24-26(31)30(27(34)35-24)20-10-11-22(29)21(28)15-20/h3-6,8-15H,1,7,16H2,2H3/b24-14-. The van der Waals surface area contributed by atoms with Crippen LogP contribution in [0.4, 0.5) is 10.1 Å². The molecule has 0 spiro atoms. The van der Waals surface area contributed by atoms with E-state index >= 15 is 0 Å². The van der Waals surface area contributed by atoms with Crippen LogP contribution >= 0.6 is 35.6 Å². The largest absolute Gasteiger partial charge is 0.493 e. The van der Waals surface area contributed by atoms with Crippen molar-refractivity contribution in [3.05, 3.63) is 106 Å². The Bertz CT molecular complexity index is 1330. The van der Waals surface area contributed by atoms with E-state index in [2.05, 4.69) is 6.58 Å². The molecule has 3 aromatic carbocycles. The second-order valence-electron chi connectivity index (χ2n) is 7.59. The number of ether oxygens (including phenoxy) is 2. The van der Waals surface area contributed by atoms with E-state index in [0.717, 1.165) is 16.7 Å². The molecule has 35 heavy (non-hydrogen) atoms. The fraction of sp³-hybridized carbons (Fsp3) is 0.111. The Labute approximate surface area is 218 Å². The Morgan fingerprint density at radius 1 is 1.17 bits per heavy atom. The molecule has 1 amide bonds. The summed E-state index contributed by atoms with van der Waals surface area (Å²) in [6.07, 6.45) is 4.09. The highest BCUT2D eigenvalue weighted by molar-refractivity contribution is 8.27. The first-order chi connectivity index (χ1) is 16.9. The molecule has 3 aromatic rings. The Balaban J connectivity index is 1.65. The molecule has 1 fully saturated rings. The van der Waals surface area contributed by atoms with Crippen LogP contribution in [0.2, 0.25) is 5.02 Å². The molecule has 1 aliphatic heterocycles. The fourth-order valence-corrected chi connectivity index (χ4v) is 5.06. The zero-order valence-electron chi connectivity index (χ0n) is 18.8. The minimum Gasteiger partial charge on any atom is -0.493 e. The summed E-state index contributed by atoms with van der Waals surface area (Å²) in [5.74, 6) is 0.304. The fourth-order valence-electron chi connectivity index (χ4n) is 3.59. The number of allylic oxidation sites excluding steroid dienone is 1. The minimum atomic E-state index is -0.562. The molecule has 0 atom stereocenters. The lowest BCUT2D eigenvalue weighted by Gasteiger charge is -2.16. The molecule has 178 valence electrons. The summed E-state index contributed by atoms with van der Waals surface area (Å²) < 4.78 is 25.7. The molecule has 1 saturated heterocycles. The van der Waals surface area contributed by atoms with E-state index in [1.54, 1.807) is 19.3 Å². The predicted molar refractivity (Wildman–Crippen MR) is 145 cm³/mol. The highest BCUT2D eigenvalue weighted by Gasteiger charge is 2.33. The number of carbonyl (C=O) groups is 1. The third-order valence-electron chi connectivity index (χ3n) is 5.22. The van der Waals surface area contributed by atoms with Crippen molar-refractivity contribution in [2.45, 2.75) is 13.0 Å². The molecule has 0 aromatic heterocycles. The molecule has 4 nitrogen and oxygen atoms in total. The maximum Gasteiger partial charge on any atom is 0.270 e. The summed E-state index contributed by atoms with van der Waals surface area (Å²) in [6.45, 7) is 4.24. The topological polar surface area (TPSA) is 38.8 Å². The first-order valence-corrected chi connectivity index (χ1v) is 12.2. The van der Waals surface area contributed by atoms with Crippen LogP contribution in [0.5, 0.6) is 11.5 Å². The molecule has 0 saturated carbocycles. The van der Waals surface area contributed by atoms with Gasteiger partial charge in [-0.05, 0) is 54.0 Å². The zero-order chi connectivity index (χ0) is 24.9. The van der Waals surface area contributed by atoms with Crippen molar-refractivity contribution in [1.29, 1.82) is 0 Å². The molecule has 0 N–H and O–H groups in total. The summed E-state index contributed by atoms with van der Waals surface area (Å²) >= 11 is 12.5. The SMILES string of the molecule is C=CCc1cc(/C=C2\SC(=S)N(c3ccc(F)c(Cl)c3)C2=O)cc(OC)c1OCc1ccccc1. The number of hydrogen-bond acceptors (Lipinski definition) is 5. The van der Waals surface area contributed by atoms with E-state index < -0.39 is 5.82 Å². The van der Waals surface area contributed by atoms with Crippen LogP contribution in [0.25, 0.3) is 6.08 Å². The molecule has 0 unspecified atom stereocenters. The van der Waals surface area contributed by atoms with Gasteiger partial charge in [0.25, 0.3) is 5.91 Å². The van der Waals surface area contributed by atoms with Crippen LogP contribution in [-0.4, -0.2) is 17.3 Å². The number of methoxy groups -OCH3 is 1. The number of benzene rings is 3. The van der Waals surface area contributed by atoms with E-state index in [9.17, 15) is 9.18 Å². The Kier molecular flexibility index (Phi) is 7.90. The maximum atomic E-state index is 13.6. The van der Waals surface area contributed by atoms with Crippen LogP contribution in [0.3, 0.4) is 0 Å². The van der Waals surface area contributed by atoms with Gasteiger partial charge in [-0.15, -0.1) is 6.58 Å². The number of hydrogen-bond donors (Lipinski definition) is 0. The first kappa shape index (κ1) is 25.0. The Morgan fingerprint density at radius 3 is 2.63 bits per heavy atom. The maximum absolute atomic E-state index is 13.6. The molecule has 0 bridgehead atoms. The van der Waals surface area contributed by atoms with Crippen molar-refractivity contribution in [2.75, 3.05) is 12.0 Å². The van der Waals surface area contributed by atoms with E-state index in [0.29, 0.717) is 39.4 Å². The number of anilines is 1. The quantitative estimate of drug-likeness (QED) is 0.177. The Morgan fingerprint density at radius 2 is 1.94 bits per heavy atom. The second kappa shape index (κ2) is 11.1. The third kappa shape index (κ3) is 5.59. The van der Waals surface area contributed by atoms with Crippen molar-refractivity contribution in [3.8, 4) is 11.5 Å². The van der Waals surface area contributed by atoms with Gasteiger partial charge in [0.1, 0.15) is 12.4 Å². The molecule has 1 aliphatic rings. The number of rotatable bonds is 8. The number of carbonyl (C=O) groups excluding carboxylic acids is 1. The molecule has 4 rings (SSSR count). The molecular formula is C27H21ClFNO3S2. The smallest absolute Gasteiger partial charge is 0.270 e. The highest BCUT2D eigenvalue weighted by atomic mass is 35.5. The second-order valence-corrected chi connectivity index (χ2v) is 9.68. The van der Waals surface area contributed by atoms with E-state index in [4.69, 9.17) is 33.3 Å². The van der Waals surface area contributed by atoms with Crippen LogP contribution in [-0.2, 0) is 17.8 Å². The van der Waals surface area contributed by atoms with Gasteiger partial charge >= 0.3 is 0 Å². The van der Waals surface area contributed by atoms with Gasteiger partial charge in [0.15, 0.2) is 15.8 Å².